The van der Waals surface area contributed by atoms with Gasteiger partial charge in [-0.15, -0.1) is 0 Å². The second-order valence-corrected chi connectivity index (χ2v) is 7.40. The fraction of sp³-hybridized carbons (Fsp3) is 0.450. The maximum absolute atomic E-state index is 13.0. The highest BCUT2D eigenvalue weighted by atomic mass is 16.5. The van der Waals surface area contributed by atoms with Crippen molar-refractivity contribution in [1.29, 1.82) is 0 Å². The van der Waals surface area contributed by atoms with E-state index in [1.54, 1.807) is 31.2 Å². The van der Waals surface area contributed by atoms with Gasteiger partial charge in [-0.05, 0) is 31.9 Å². The van der Waals surface area contributed by atoms with Crippen LogP contribution >= 0.6 is 0 Å². The number of rotatable bonds is 2. The monoisotopic (exact) mass is 368 g/mol. The van der Waals surface area contributed by atoms with Gasteiger partial charge in [0.05, 0.1) is 30.3 Å². The van der Waals surface area contributed by atoms with E-state index in [1.165, 1.54) is 0 Å². The molecule has 7 heteroatoms. The van der Waals surface area contributed by atoms with Crippen LogP contribution < -0.4 is 9.64 Å². The number of anilines is 1. The van der Waals surface area contributed by atoms with Gasteiger partial charge in [0.1, 0.15) is 11.6 Å². The summed E-state index contributed by atoms with van der Waals surface area (Å²) >= 11 is 0. The van der Waals surface area contributed by atoms with Crippen LogP contribution in [-0.4, -0.2) is 53.7 Å². The van der Waals surface area contributed by atoms with Gasteiger partial charge in [-0.1, -0.05) is 12.1 Å². The van der Waals surface area contributed by atoms with Crippen molar-refractivity contribution < 1.29 is 14.3 Å². The fourth-order valence-corrected chi connectivity index (χ4v) is 4.18. The molecular formula is C20H24N4O3. The number of amides is 2. The molecule has 0 bridgehead atoms. The number of aromatic nitrogens is 2. The zero-order chi connectivity index (χ0) is 19.2. The maximum atomic E-state index is 13.0. The van der Waals surface area contributed by atoms with Gasteiger partial charge in [0.25, 0.3) is 5.91 Å². The number of para-hydroxylation sites is 1. The highest BCUT2D eigenvalue weighted by Gasteiger charge is 2.46. The number of likely N-dealkylation sites (tertiary alicyclic amines) is 1. The lowest BCUT2D eigenvalue weighted by atomic mass is 9.82. The fourth-order valence-electron chi connectivity index (χ4n) is 4.18. The van der Waals surface area contributed by atoms with Crippen molar-refractivity contribution in [3.05, 3.63) is 41.6 Å². The Kier molecular flexibility index (Phi) is 4.17. The molecule has 1 aromatic carbocycles. The van der Waals surface area contributed by atoms with Crippen LogP contribution in [0.25, 0.3) is 0 Å². The number of hydrogen-bond acceptors (Lipinski definition) is 4. The number of carbonyl (C=O) groups is 2. The Morgan fingerprint density at radius 1 is 1.22 bits per heavy atom. The number of methoxy groups -OCH3 is 1. The van der Waals surface area contributed by atoms with Crippen LogP contribution in [0.3, 0.4) is 0 Å². The molecule has 1 fully saturated rings. The normalized spacial score (nSPS) is 18.6. The summed E-state index contributed by atoms with van der Waals surface area (Å²) in [5, 5.41) is 4.67. The van der Waals surface area contributed by atoms with E-state index in [9.17, 15) is 9.59 Å². The molecule has 0 saturated carbocycles. The smallest absolute Gasteiger partial charge is 0.257 e. The molecule has 7 nitrogen and oxygen atoms in total. The SMILES string of the molecule is COc1ccccc1C(=O)N1CCC2(CC1)CC(=O)N(C)c1cc(C)nn12. The Hall–Kier alpha value is -2.83. The van der Waals surface area contributed by atoms with Crippen LogP contribution in [0.4, 0.5) is 5.82 Å². The highest BCUT2D eigenvalue weighted by Crippen LogP contribution is 2.41. The van der Waals surface area contributed by atoms with Crippen molar-refractivity contribution in [1.82, 2.24) is 14.7 Å². The summed E-state index contributed by atoms with van der Waals surface area (Å²) in [5.74, 6) is 1.50. The molecule has 0 N–H and O–H groups in total. The lowest BCUT2D eigenvalue weighted by Crippen LogP contribution is -2.54. The van der Waals surface area contributed by atoms with Crippen molar-refractivity contribution in [3.63, 3.8) is 0 Å². The Morgan fingerprint density at radius 3 is 2.63 bits per heavy atom. The molecule has 0 unspecified atom stereocenters. The van der Waals surface area contributed by atoms with Gasteiger partial charge in [0, 0.05) is 26.2 Å². The van der Waals surface area contributed by atoms with Gasteiger partial charge < -0.3 is 14.5 Å². The van der Waals surface area contributed by atoms with Crippen LogP contribution in [0.5, 0.6) is 5.75 Å². The average Bonchev–Trinajstić information content (AvgIpc) is 3.09. The summed E-state index contributed by atoms with van der Waals surface area (Å²) in [6.45, 7) is 3.12. The minimum atomic E-state index is -0.343. The zero-order valence-corrected chi connectivity index (χ0v) is 15.9. The van der Waals surface area contributed by atoms with E-state index in [-0.39, 0.29) is 17.4 Å². The third-order valence-electron chi connectivity index (χ3n) is 5.78. The zero-order valence-electron chi connectivity index (χ0n) is 15.9. The summed E-state index contributed by atoms with van der Waals surface area (Å²) in [6, 6.07) is 9.24. The lowest BCUT2D eigenvalue weighted by molar-refractivity contribution is -0.122. The van der Waals surface area contributed by atoms with Crippen LogP contribution in [0.1, 0.15) is 35.3 Å². The van der Waals surface area contributed by atoms with Crippen molar-refractivity contribution >= 4 is 17.6 Å². The highest BCUT2D eigenvalue weighted by molar-refractivity contribution is 5.97. The van der Waals surface area contributed by atoms with E-state index in [0.717, 1.165) is 11.5 Å². The van der Waals surface area contributed by atoms with E-state index in [1.807, 2.05) is 34.7 Å². The number of piperidine rings is 1. The first-order valence-electron chi connectivity index (χ1n) is 9.21. The van der Waals surface area contributed by atoms with Crippen LogP contribution in [0.15, 0.2) is 30.3 Å². The van der Waals surface area contributed by atoms with Gasteiger partial charge in [0.2, 0.25) is 5.91 Å². The van der Waals surface area contributed by atoms with Gasteiger partial charge in [0.15, 0.2) is 0 Å². The molecule has 1 saturated heterocycles. The number of hydrogen-bond donors (Lipinski definition) is 0. The standard InChI is InChI=1S/C20H24N4O3/c1-14-12-17-22(2)18(25)13-20(24(17)21-14)8-10-23(11-9-20)19(26)15-6-4-5-7-16(15)27-3/h4-7,12H,8-11,13H2,1-3H3. The number of aryl methyl sites for hydroxylation is 1. The number of nitrogens with zero attached hydrogens (tertiary/aromatic N) is 4. The molecule has 4 rings (SSSR count). The minimum absolute atomic E-state index is 0.0292. The number of ether oxygens (including phenoxy) is 1. The molecule has 0 atom stereocenters. The topological polar surface area (TPSA) is 67.7 Å². The lowest BCUT2D eigenvalue weighted by Gasteiger charge is -2.46. The molecule has 142 valence electrons. The Balaban J connectivity index is 1.58. The van der Waals surface area contributed by atoms with E-state index in [2.05, 4.69) is 5.10 Å². The minimum Gasteiger partial charge on any atom is -0.496 e. The second kappa shape index (κ2) is 6.40. The molecule has 27 heavy (non-hydrogen) atoms. The molecule has 0 radical (unpaired) electrons. The molecule has 3 heterocycles. The first-order valence-corrected chi connectivity index (χ1v) is 9.21. The van der Waals surface area contributed by atoms with Crippen molar-refractivity contribution in [2.24, 2.45) is 0 Å². The van der Waals surface area contributed by atoms with Crippen LogP contribution in [-0.2, 0) is 10.3 Å². The Bertz CT molecular complexity index is 896. The first-order chi connectivity index (χ1) is 12.9. The number of benzene rings is 1. The molecule has 1 aromatic heterocycles. The van der Waals surface area contributed by atoms with E-state index >= 15 is 0 Å². The number of fused-ring (bicyclic) bond motifs is 2. The maximum Gasteiger partial charge on any atom is 0.257 e. The molecule has 2 aliphatic rings. The molecule has 2 amide bonds. The van der Waals surface area contributed by atoms with E-state index < -0.39 is 0 Å². The summed E-state index contributed by atoms with van der Waals surface area (Å²) in [4.78, 5) is 29.0. The van der Waals surface area contributed by atoms with Gasteiger partial charge >= 0.3 is 0 Å². The number of carbonyl (C=O) groups excluding carboxylic acids is 2. The summed E-state index contributed by atoms with van der Waals surface area (Å²) in [5.41, 5.74) is 1.13. The third-order valence-corrected chi connectivity index (χ3v) is 5.78. The summed E-state index contributed by atoms with van der Waals surface area (Å²) in [7, 11) is 3.37. The predicted octanol–water partition coefficient (Wildman–Crippen LogP) is 2.20. The Labute approximate surface area is 158 Å². The summed E-state index contributed by atoms with van der Waals surface area (Å²) < 4.78 is 7.34. The van der Waals surface area contributed by atoms with Gasteiger partial charge in [-0.25, -0.2) is 4.68 Å². The average molecular weight is 368 g/mol. The van der Waals surface area contributed by atoms with Crippen LogP contribution in [0, 0.1) is 6.92 Å². The first kappa shape index (κ1) is 17.6. The van der Waals surface area contributed by atoms with Crippen LogP contribution in [0.2, 0.25) is 0 Å². The molecule has 2 aromatic rings. The molecule has 2 aliphatic heterocycles. The summed E-state index contributed by atoms with van der Waals surface area (Å²) in [6.07, 6.45) is 1.84. The van der Waals surface area contributed by atoms with Crippen molar-refractivity contribution in [2.75, 3.05) is 32.1 Å². The van der Waals surface area contributed by atoms with Gasteiger partial charge in [-0.2, -0.15) is 5.10 Å². The van der Waals surface area contributed by atoms with Gasteiger partial charge in [-0.3, -0.25) is 9.59 Å². The van der Waals surface area contributed by atoms with Crippen molar-refractivity contribution in [3.8, 4) is 5.75 Å². The van der Waals surface area contributed by atoms with Crippen molar-refractivity contribution in [2.45, 2.75) is 31.7 Å². The molecule has 0 aliphatic carbocycles. The molecule has 1 spiro atoms. The predicted molar refractivity (Wildman–Crippen MR) is 101 cm³/mol. The Morgan fingerprint density at radius 2 is 1.93 bits per heavy atom. The third kappa shape index (κ3) is 2.78. The van der Waals surface area contributed by atoms with E-state index in [4.69, 9.17) is 4.74 Å². The molecular weight excluding hydrogens is 344 g/mol. The quantitative estimate of drug-likeness (QED) is 0.815. The second-order valence-electron chi connectivity index (χ2n) is 7.40. The largest absolute Gasteiger partial charge is 0.496 e. The van der Waals surface area contributed by atoms with E-state index in [0.29, 0.717) is 43.7 Å².